The van der Waals surface area contributed by atoms with Crippen LogP contribution in [0.25, 0.3) is 0 Å². The minimum Gasteiger partial charge on any atom is -0.478 e. The highest BCUT2D eigenvalue weighted by atomic mass is 19.1. The molecule has 0 aromatic heterocycles. The summed E-state index contributed by atoms with van der Waals surface area (Å²) in [5, 5.41) is 19.7. The van der Waals surface area contributed by atoms with Crippen LogP contribution in [0.3, 0.4) is 0 Å². The van der Waals surface area contributed by atoms with Crippen molar-refractivity contribution in [3.63, 3.8) is 0 Å². The molecule has 1 atom stereocenters. The fourth-order valence-electron chi connectivity index (χ4n) is 3.06. The first-order valence-corrected chi connectivity index (χ1v) is 7.48. The molecule has 2 aromatic carbocycles. The second-order valence-corrected chi connectivity index (χ2v) is 5.72. The van der Waals surface area contributed by atoms with Crippen LogP contribution in [-0.2, 0) is 0 Å². The Morgan fingerprint density at radius 2 is 1.96 bits per heavy atom. The van der Waals surface area contributed by atoms with Crippen molar-refractivity contribution in [3.8, 4) is 0 Å². The maximum atomic E-state index is 14.4. The summed E-state index contributed by atoms with van der Waals surface area (Å²) in [6.07, 6.45) is 0.691. The number of nitrogens with zero attached hydrogens (tertiary/aromatic N) is 2. The number of carboxylic acids is 1. The van der Waals surface area contributed by atoms with E-state index in [4.69, 9.17) is 5.11 Å². The van der Waals surface area contributed by atoms with E-state index in [1.165, 1.54) is 18.2 Å². The van der Waals surface area contributed by atoms with Gasteiger partial charge in [-0.15, -0.1) is 0 Å². The second-order valence-electron chi connectivity index (χ2n) is 5.72. The van der Waals surface area contributed by atoms with Crippen LogP contribution < -0.4 is 4.90 Å². The van der Waals surface area contributed by atoms with E-state index in [2.05, 4.69) is 0 Å². The molecule has 0 aliphatic carbocycles. The molecule has 1 saturated heterocycles. The lowest BCUT2D eigenvalue weighted by Gasteiger charge is -2.19. The number of aromatic carboxylic acids is 1. The van der Waals surface area contributed by atoms with Gasteiger partial charge >= 0.3 is 5.97 Å². The number of nitro benzene ring substituents is 1. The third-order valence-corrected chi connectivity index (χ3v) is 4.31. The molecule has 0 bridgehead atoms. The van der Waals surface area contributed by atoms with E-state index in [0.29, 0.717) is 25.1 Å². The number of halogens is 1. The van der Waals surface area contributed by atoms with E-state index in [-0.39, 0.29) is 17.2 Å². The van der Waals surface area contributed by atoms with Gasteiger partial charge in [-0.3, -0.25) is 10.1 Å². The predicted octanol–water partition coefficient (Wildman–Crippen LogP) is 3.43. The highest BCUT2D eigenvalue weighted by molar-refractivity contribution is 5.88. The minimum absolute atomic E-state index is 0.0229. The maximum Gasteiger partial charge on any atom is 0.338 e. The average molecular weight is 330 g/mol. The van der Waals surface area contributed by atoms with E-state index >= 15 is 0 Å². The van der Waals surface area contributed by atoms with Crippen molar-refractivity contribution in [3.05, 3.63) is 69.5 Å². The minimum atomic E-state index is -1.28. The Labute approximate surface area is 137 Å². The van der Waals surface area contributed by atoms with Crippen LogP contribution in [0.2, 0.25) is 0 Å². The number of anilines is 1. The SMILES string of the molecule is O=C(O)c1cccc(C2CCN(c3ccc([N+](=O)[O-])cc3)C2)c1F. The van der Waals surface area contributed by atoms with Crippen LogP contribution in [0.15, 0.2) is 42.5 Å². The summed E-state index contributed by atoms with van der Waals surface area (Å²) in [4.78, 5) is 23.3. The van der Waals surface area contributed by atoms with Gasteiger partial charge in [0, 0.05) is 36.8 Å². The number of non-ortho nitro benzene ring substituents is 1. The smallest absolute Gasteiger partial charge is 0.338 e. The third kappa shape index (κ3) is 2.92. The molecular formula is C17H15FN2O4. The highest BCUT2D eigenvalue weighted by Crippen LogP contribution is 2.33. The molecule has 0 radical (unpaired) electrons. The van der Waals surface area contributed by atoms with Gasteiger partial charge in [-0.05, 0) is 30.2 Å². The molecule has 1 N–H and O–H groups in total. The molecule has 6 nitrogen and oxygen atoms in total. The third-order valence-electron chi connectivity index (χ3n) is 4.31. The number of benzene rings is 2. The number of carbonyl (C=O) groups is 1. The molecule has 124 valence electrons. The van der Waals surface area contributed by atoms with Crippen molar-refractivity contribution in [2.75, 3.05) is 18.0 Å². The monoisotopic (exact) mass is 330 g/mol. The van der Waals surface area contributed by atoms with E-state index in [1.54, 1.807) is 24.3 Å². The van der Waals surface area contributed by atoms with Gasteiger partial charge in [0.25, 0.3) is 5.69 Å². The zero-order chi connectivity index (χ0) is 17.3. The van der Waals surface area contributed by atoms with Crippen molar-refractivity contribution in [2.45, 2.75) is 12.3 Å². The maximum absolute atomic E-state index is 14.4. The lowest BCUT2D eigenvalue weighted by molar-refractivity contribution is -0.384. The van der Waals surface area contributed by atoms with E-state index < -0.39 is 16.7 Å². The van der Waals surface area contributed by atoms with Gasteiger partial charge in [-0.25, -0.2) is 9.18 Å². The Balaban J connectivity index is 1.79. The van der Waals surface area contributed by atoms with Crippen LogP contribution in [0, 0.1) is 15.9 Å². The average Bonchev–Trinajstić information content (AvgIpc) is 3.04. The summed E-state index contributed by atoms with van der Waals surface area (Å²) in [6.45, 7) is 1.22. The largest absolute Gasteiger partial charge is 0.478 e. The summed E-state index contributed by atoms with van der Waals surface area (Å²) >= 11 is 0. The normalized spacial score (nSPS) is 17.0. The van der Waals surface area contributed by atoms with Crippen LogP contribution in [0.1, 0.15) is 28.3 Å². The summed E-state index contributed by atoms with van der Waals surface area (Å²) < 4.78 is 14.4. The molecule has 1 heterocycles. The fourth-order valence-corrected chi connectivity index (χ4v) is 3.06. The van der Waals surface area contributed by atoms with Crippen molar-refractivity contribution in [2.24, 2.45) is 0 Å². The van der Waals surface area contributed by atoms with Crippen LogP contribution >= 0.6 is 0 Å². The molecule has 1 aliphatic heterocycles. The summed E-state index contributed by atoms with van der Waals surface area (Å²) in [5.41, 5.74) is 0.938. The molecule has 0 saturated carbocycles. The zero-order valence-corrected chi connectivity index (χ0v) is 12.7. The van der Waals surface area contributed by atoms with Crippen LogP contribution in [0.5, 0.6) is 0 Å². The van der Waals surface area contributed by atoms with Gasteiger partial charge in [-0.1, -0.05) is 12.1 Å². The molecule has 3 rings (SSSR count). The van der Waals surface area contributed by atoms with Crippen molar-refractivity contribution < 1.29 is 19.2 Å². The topological polar surface area (TPSA) is 83.7 Å². The van der Waals surface area contributed by atoms with Gasteiger partial charge in [0.05, 0.1) is 10.5 Å². The fraction of sp³-hybridized carbons (Fsp3) is 0.235. The van der Waals surface area contributed by atoms with Gasteiger partial charge in [0.15, 0.2) is 0 Å². The molecule has 1 aliphatic rings. The molecule has 2 aromatic rings. The summed E-state index contributed by atoms with van der Waals surface area (Å²) in [7, 11) is 0. The van der Waals surface area contributed by atoms with E-state index in [9.17, 15) is 19.3 Å². The first-order valence-electron chi connectivity index (χ1n) is 7.48. The van der Waals surface area contributed by atoms with Crippen molar-refractivity contribution in [1.82, 2.24) is 0 Å². The Morgan fingerprint density at radius 1 is 1.25 bits per heavy atom. The number of nitro groups is 1. The quantitative estimate of drug-likeness (QED) is 0.686. The first-order chi connectivity index (χ1) is 11.5. The molecule has 7 heteroatoms. The molecule has 0 amide bonds. The van der Waals surface area contributed by atoms with Gasteiger partial charge in [0.2, 0.25) is 0 Å². The van der Waals surface area contributed by atoms with E-state index in [0.717, 1.165) is 5.69 Å². The molecular weight excluding hydrogens is 315 g/mol. The molecule has 1 fully saturated rings. The van der Waals surface area contributed by atoms with Crippen molar-refractivity contribution >= 4 is 17.3 Å². The first kappa shape index (κ1) is 15.9. The lowest BCUT2D eigenvalue weighted by atomic mass is 9.96. The summed E-state index contributed by atoms with van der Waals surface area (Å²) in [6, 6.07) is 10.6. The van der Waals surface area contributed by atoms with Crippen molar-refractivity contribution in [1.29, 1.82) is 0 Å². The predicted molar refractivity (Wildman–Crippen MR) is 86.0 cm³/mol. The number of rotatable bonds is 4. The Kier molecular flexibility index (Phi) is 4.16. The van der Waals surface area contributed by atoms with Gasteiger partial charge in [0.1, 0.15) is 5.82 Å². The number of hydrogen-bond acceptors (Lipinski definition) is 4. The Morgan fingerprint density at radius 3 is 2.58 bits per heavy atom. The van der Waals surface area contributed by atoms with Crippen LogP contribution in [0.4, 0.5) is 15.8 Å². The number of carboxylic acid groups (broad SMARTS) is 1. The molecule has 24 heavy (non-hydrogen) atoms. The number of hydrogen-bond donors (Lipinski definition) is 1. The molecule has 1 unspecified atom stereocenters. The second kappa shape index (κ2) is 6.27. The highest BCUT2D eigenvalue weighted by Gasteiger charge is 2.28. The Hall–Kier alpha value is -2.96. The van der Waals surface area contributed by atoms with Gasteiger partial charge in [-0.2, -0.15) is 0 Å². The van der Waals surface area contributed by atoms with Crippen LogP contribution in [-0.4, -0.2) is 29.1 Å². The standard InChI is InChI=1S/C17H15FN2O4/c18-16-14(2-1-3-15(16)17(21)22)11-8-9-19(10-11)12-4-6-13(7-5-12)20(23)24/h1-7,11H,8-10H2,(H,21,22). The zero-order valence-electron chi connectivity index (χ0n) is 12.7. The lowest BCUT2D eigenvalue weighted by Crippen LogP contribution is -2.19. The Bertz CT molecular complexity index is 792. The van der Waals surface area contributed by atoms with E-state index in [1.807, 2.05) is 4.90 Å². The summed E-state index contributed by atoms with van der Waals surface area (Å²) in [5.74, 6) is -2.07. The molecule has 0 spiro atoms. The van der Waals surface area contributed by atoms with Gasteiger partial charge < -0.3 is 10.0 Å².